The van der Waals surface area contributed by atoms with Gasteiger partial charge in [0.1, 0.15) is 0 Å². The molecule has 6 heteroatoms. The van der Waals surface area contributed by atoms with Crippen LogP contribution in [0, 0.1) is 0 Å². The highest BCUT2D eigenvalue weighted by molar-refractivity contribution is 5.86. The molecular formula is C21H35N3O3. The third-order valence-electron chi connectivity index (χ3n) is 5.09. The molecule has 6 nitrogen and oxygen atoms in total. The Morgan fingerprint density at radius 2 is 1.93 bits per heavy atom. The summed E-state index contributed by atoms with van der Waals surface area (Å²) in [5.41, 5.74) is 1.88. The lowest BCUT2D eigenvalue weighted by molar-refractivity contribution is 0.0372. The van der Waals surface area contributed by atoms with Crippen LogP contribution in [0.15, 0.2) is 24.3 Å². The van der Waals surface area contributed by atoms with Crippen molar-refractivity contribution in [3.05, 3.63) is 29.8 Å². The second-order valence-electron chi connectivity index (χ2n) is 8.27. The molecule has 0 spiro atoms. The van der Waals surface area contributed by atoms with E-state index in [1.807, 2.05) is 18.2 Å². The molecular weight excluding hydrogens is 342 g/mol. The van der Waals surface area contributed by atoms with Gasteiger partial charge in [0.15, 0.2) is 0 Å². The van der Waals surface area contributed by atoms with Gasteiger partial charge in [-0.2, -0.15) is 0 Å². The molecule has 1 saturated heterocycles. The highest BCUT2D eigenvalue weighted by Crippen LogP contribution is 2.28. The van der Waals surface area contributed by atoms with E-state index in [1.165, 1.54) is 4.90 Å². The monoisotopic (exact) mass is 377 g/mol. The number of unbranched alkanes of at least 4 members (excludes halogenated alkanes) is 1. The molecule has 1 fully saturated rings. The van der Waals surface area contributed by atoms with Crippen LogP contribution in [0.25, 0.3) is 0 Å². The first-order valence-electron chi connectivity index (χ1n) is 9.85. The van der Waals surface area contributed by atoms with Crippen LogP contribution in [0.5, 0.6) is 0 Å². The Morgan fingerprint density at radius 1 is 1.22 bits per heavy atom. The van der Waals surface area contributed by atoms with Crippen LogP contribution in [0.1, 0.15) is 32.3 Å². The van der Waals surface area contributed by atoms with E-state index < -0.39 is 6.09 Å². The van der Waals surface area contributed by atoms with E-state index in [-0.39, 0.29) is 5.41 Å². The number of likely N-dealkylation sites (N-methyl/N-ethyl adjacent to an activating group) is 1. The van der Waals surface area contributed by atoms with Crippen LogP contribution in [-0.2, 0) is 10.2 Å². The molecule has 0 aliphatic carbocycles. The Hall–Kier alpha value is -1.63. The minimum absolute atomic E-state index is 0.0417. The van der Waals surface area contributed by atoms with Crippen LogP contribution >= 0.6 is 0 Å². The van der Waals surface area contributed by atoms with Crippen LogP contribution in [0.2, 0.25) is 0 Å². The largest absolute Gasteiger partial charge is 0.465 e. The maximum absolute atomic E-state index is 11.8. The summed E-state index contributed by atoms with van der Waals surface area (Å²) in [4.78, 5) is 17.9. The second-order valence-corrected chi connectivity index (χ2v) is 8.27. The molecule has 0 atom stereocenters. The van der Waals surface area contributed by atoms with Crippen molar-refractivity contribution >= 4 is 11.8 Å². The summed E-state index contributed by atoms with van der Waals surface area (Å²) in [6.45, 7) is 10.4. The van der Waals surface area contributed by atoms with Crippen LogP contribution < -0.4 is 4.90 Å². The third-order valence-corrected chi connectivity index (χ3v) is 5.09. The first-order valence-corrected chi connectivity index (χ1v) is 9.85. The molecule has 1 aromatic rings. The number of hydrogen-bond acceptors (Lipinski definition) is 4. The van der Waals surface area contributed by atoms with Gasteiger partial charge in [-0.15, -0.1) is 0 Å². The van der Waals surface area contributed by atoms with Gasteiger partial charge in [-0.05, 0) is 51.2 Å². The molecule has 0 aromatic heterocycles. The number of benzene rings is 1. The number of rotatable bonds is 9. The zero-order valence-corrected chi connectivity index (χ0v) is 17.3. The fourth-order valence-corrected chi connectivity index (χ4v) is 3.74. The minimum Gasteiger partial charge on any atom is -0.465 e. The van der Waals surface area contributed by atoms with Crippen molar-refractivity contribution in [3.8, 4) is 0 Å². The first-order chi connectivity index (χ1) is 12.8. The maximum atomic E-state index is 11.8. The van der Waals surface area contributed by atoms with E-state index in [0.717, 1.165) is 63.5 Å². The van der Waals surface area contributed by atoms with Gasteiger partial charge in [0.05, 0.1) is 13.2 Å². The summed E-state index contributed by atoms with van der Waals surface area (Å²) in [6, 6.07) is 7.97. The standard InChI is InChI=1S/C21H35N3O3/c1-21(2,17-22(3)4)18-8-7-9-19(16-18)24(20(25)26)11-6-5-10-23-12-14-27-15-13-23/h7-9,16H,5-6,10-15,17H2,1-4H3,(H,25,26). The van der Waals surface area contributed by atoms with Crippen LogP contribution in [-0.4, -0.2) is 81.0 Å². The van der Waals surface area contributed by atoms with Crippen molar-refractivity contribution < 1.29 is 14.6 Å². The number of carbonyl (C=O) groups is 1. The van der Waals surface area contributed by atoms with Gasteiger partial charge < -0.3 is 14.7 Å². The number of carboxylic acid groups (broad SMARTS) is 1. The van der Waals surface area contributed by atoms with Gasteiger partial charge in [0.25, 0.3) is 0 Å². The van der Waals surface area contributed by atoms with Crippen molar-refractivity contribution in [1.82, 2.24) is 9.80 Å². The van der Waals surface area contributed by atoms with Crippen molar-refractivity contribution in [2.45, 2.75) is 32.1 Å². The number of ether oxygens (including phenoxy) is 1. The lowest BCUT2D eigenvalue weighted by Gasteiger charge is -2.30. The molecule has 0 saturated carbocycles. The molecule has 1 amide bonds. The van der Waals surface area contributed by atoms with Gasteiger partial charge in [0, 0.05) is 37.3 Å². The highest BCUT2D eigenvalue weighted by atomic mass is 16.5. The summed E-state index contributed by atoms with van der Waals surface area (Å²) in [6.07, 6.45) is 0.967. The Bertz CT molecular complexity index is 598. The topological polar surface area (TPSA) is 56.2 Å². The minimum atomic E-state index is -0.885. The Morgan fingerprint density at radius 3 is 2.56 bits per heavy atom. The average Bonchev–Trinajstić information content (AvgIpc) is 2.61. The molecule has 152 valence electrons. The van der Waals surface area contributed by atoms with E-state index in [4.69, 9.17) is 4.74 Å². The molecule has 27 heavy (non-hydrogen) atoms. The molecule has 0 unspecified atom stereocenters. The number of amides is 1. The second kappa shape index (κ2) is 10.1. The fourth-order valence-electron chi connectivity index (χ4n) is 3.74. The molecule has 0 radical (unpaired) electrons. The van der Waals surface area contributed by atoms with Crippen LogP contribution in [0.4, 0.5) is 10.5 Å². The molecule has 1 heterocycles. The molecule has 2 rings (SSSR count). The maximum Gasteiger partial charge on any atom is 0.411 e. The lowest BCUT2D eigenvalue weighted by Crippen LogP contribution is -2.37. The van der Waals surface area contributed by atoms with E-state index >= 15 is 0 Å². The van der Waals surface area contributed by atoms with Crippen LogP contribution in [0.3, 0.4) is 0 Å². The van der Waals surface area contributed by atoms with E-state index in [0.29, 0.717) is 6.54 Å². The highest BCUT2D eigenvalue weighted by Gasteiger charge is 2.23. The molecule has 1 N–H and O–H groups in total. The Labute approximate surface area is 163 Å². The van der Waals surface area contributed by atoms with Gasteiger partial charge >= 0.3 is 6.09 Å². The van der Waals surface area contributed by atoms with Crippen molar-refractivity contribution in [2.24, 2.45) is 0 Å². The summed E-state index contributed by atoms with van der Waals surface area (Å²) in [7, 11) is 4.12. The van der Waals surface area contributed by atoms with Crippen molar-refractivity contribution in [2.75, 3.05) is 64.9 Å². The summed E-state index contributed by atoms with van der Waals surface area (Å²) < 4.78 is 5.37. The number of morpholine rings is 1. The molecule has 0 bridgehead atoms. The SMILES string of the molecule is CN(C)CC(C)(C)c1cccc(N(CCCCN2CCOCC2)C(=O)O)c1. The van der Waals surface area contributed by atoms with Crippen molar-refractivity contribution in [1.29, 1.82) is 0 Å². The molecule has 1 aliphatic heterocycles. The molecule has 1 aliphatic rings. The Balaban J connectivity index is 1.97. The fraction of sp³-hybridized carbons (Fsp3) is 0.667. The summed E-state index contributed by atoms with van der Waals surface area (Å²) in [5.74, 6) is 0. The van der Waals surface area contributed by atoms with E-state index in [9.17, 15) is 9.90 Å². The average molecular weight is 378 g/mol. The van der Waals surface area contributed by atoms with Gasteiger partial charge in [-0.1, -0.05) is 26.0 Å². The molecule has 1 aromatic carbocycles. The summed E-state index contributed by atoms with van der Waals surface area (Å²) in [5, 5.41) is 9.70. The van der Waals surface area contributed by atoms with Crippen molar-refractivity contribution in [3.63, 3.8) is 0 Å². The number of hydrogen-bond donors (Lipinski definition) is 1. The van der Waals surface area contributed by atoms with E-state index in [2.05, 4.69) is 43.8 Å². The van der Waals surface area contributed by atoms with Gasteiger partial charge in [-0.3, -0.25) is 9.80 Å². The number of nitrogens with zero attached hydrogens (tertiary/aromatic N) is 3. The zero-order chi connectivity index (χ0) is 19.9. The number of anilines is 1. The van der Waals surface area contributed by atoms with Gasteiger partial charge in [-0.25, -0.2) is 4.79 Å². The normalized spacial score (nSPS) is 15.9. The van der Waals surface area contributed by atoms with Gasteiger partial charge in [0.2, 0.25) is 0 Å². The Kier molecular flexibility index (Phi) is 8.07. The predicted molar refractivity (Wildman–Crippen MR) is 110 cm³/mol. The smallest absolute Gasteiger partial charge is 0.411 e. The van der Waals surface area contributed by atoms with E-state index in [1.54, 1.807) is 0 Å². The predicted octanol–water partition coefficient (Wildman–Crippen LogP) is 3.12. The summed E-state index contributed by atoms with van der Waals surface area (Å²) >= 11 is 0. The lowest BCUT2D eigenvalue weighted by atomic mass is 9.84. The third kappa shape index (κ3) is 6.79. The zero-order valence-electron chi connectivity index (χ0n) is 17.3. The quantitative estimate of drug-likeness (QED) is 0.670. The first kappa shape index (κ1) is 21.7.